The van der Waals surface area contributed by atoms with Crippen molar-refractivity contribution < 1.29 is 23.1 Å². The van der Waals surface area contributed by atoms with Crippen molar-refractivity contribution in [2.75, 3.05) is 0 Å². The van der Waals surface area contributed by atoms with Crippen LogP contribution in [0.15, 0.2) is 24.3 Å². The van der Waals surface area contributed by atoms with Crippen LogP contribution in [0, 0.1) is 0 Å². The lowest BCUT2D eigenvalue weighted by Crippen LogP contribution is -2.36. The molecule has 0 bridgehead atoms. The molecule has 2 unspecified atom stereocenters. The van der Waals surface area contributed by atoms with Crippen LogP contribution in [0.5, 0.6) is 0 Å². The van der Waals surface area contributed by atoms with Gasteiger partial charge >= 0.3 is 12.1 Å². The van der Waals surface area contributed by atoms with E-state index in [4.69, 9.17) is 5.11 Å². The standard InChI is InChI=1S/C13H14F3NO2/c14-13(15,16)9-3-1-2-8(6-9)7-10-4-5-11(17-10)12(18)19/h1-3,6,10-11,17H,4-5,7H2,(H,18,19). The summed E-state index contributed by atoms with van der Waals surface area (Å²) in [6, 6.07) is 4.49. The molecule has 1 aliphatic rings. The summed E-state index contributed by atoms with van der Waals surface area (Å²) in [6.45, 7) is 0. The maximum Gasteiger partial charge on any atom is 0.416 e. The van der Waals surface area contributed by atoms with E-state index in [-0.39, 0.29) is 6.04 Å². The molecule has 2 N–H and O–H groups in total. The van der Waals surface area contributed by atoms with Crippen LogP contribution in [0.3, 0.4) is 0 Å². The van der Waals surface area contributed by atoms with Crippen molar-refractivity contribution in [2.45, 2.75) is 37.5 Å². The molecule has 3 nitrogen and oxygen atoms in total. The Balaban J connectivity index is 2.03. The van der Waals surface area contributed by atoms with Gasteiger partial charge in [-0.15, -0.1) is 0 Å². The van der Waals surface area contributed by atoms with E-state index in [1.165, 1.54) is 6.07 Å². The van der Waals surface area contributed by atoms with Crippen LogP contribution in [0.2, 0.25) is 0 Å². The number of benzene rings is 1. The average molecular weight is 273 g/mol. The number of nitrogens with one attached hydrogen (secondary N) is 1. The second-order valence-electron chi connectivity index (χ2n) is 4.73. The Kier molecular flexibility index (Phi) is 3.80. The van der Waals surface area contributed by atoms with E-state index in [2.05, 4.69) is 5.32 Å². The van der Waals surface area contributed by atoms with Gasteiger partial charge in [-0.25, -0.2) is 0 Å². The zero-order valence-corrected chi connectivity index (χ0v) is 10.1. The number of carboxylic acid groups (broad SMARTS) is 1. The van der Waals surface area contributed by atoms with E-state index in [9.17, 15) is 18.0 Å². The van der Waals surface area contributed by atoms with E-state index in [0.29, 0.717) is 24.8 Å². The van der Waals surface area contributed by atoms with Crippen molar-refractivity contribution in [1.29, 1.82) is 0 Å². The van der Waals surface area contributed by atoms with Crippen LogP contribution in [0.4, 0.5) is 13.2 Å². The van der Waals surface area contributed by atoms with Crippen molar-refractivity contribution in [3.05, 3.63) is 35.4 Å². The lowest BCUT2D eigenvalue weighted by atomic mass is 10.0. The van der Waals surface area contributed by atoms with Gasteiger partial charge in [-0.3, -0.25) is 4.79 Å². The third kappa shape index (κ3) is 3.47. The fourth-order valence-corrected chi connectivity index (χ4v) is 2.33. The van der Waals surface area contributed by atoms with E-state index in [1.54, 1.807) is 6.07 Å². The van der Waals surface area contributed by atoms with Crippen LogP contribution in [0.25, 0.3) is 0 Å². The predicted molar refractivity (Wildman–Crippen MR) is 62.7 cm³/mol. The maximum atomic E-state index is 12.6. The highest BCUT2D eigenvalue weighted by Gasteiger charge is 2.31. The molecular formula is C13H14F3NO2. The van der Waals surface area contributed by atoms with Gasteiger partial charge in [0.2, 0.25) is 0 Å². The minimum Gasteiger partial charge on any atom is -0.480 e. The highest BCUT2D eigenvalue weighted by molar-refractivity contribution is 5.73. The lowest BCUT2D eigenvalue weighted by Gasteiger charge is -2.13. The number of halogens is 3. The Bertz CT molecular complexity index is 473. The summed E-state index contributed by atoms with van der Waals surface area (Å²) in [5.41, 5.74) is -0.101. The van der Waals surface area contributed by atoms with E-state index in [0.717, 1.165) is 12.1 Å². The molecule has 19 heavy (non-hydrogen) atoms. The van der Waals surface area contributed by atoms with Crippen molar-refractivity contribution in [3.63, 3.8) is 0 Å². The molecule has 2 atom stereocenters. The fourth-order valence-electron chi connectivity index (χ4n) is 2.33. The van der Waals surface area contributed by atoms with Gasteiger partial charge in [-0.2, -0.15) is 13.2 Å². The van der Waals surface area contributed by atoms with Gasteiger partial charge in [-0.1, -0.05) is 18.2 Å². The summed E-state index contributed by atoms with van der Waals surface area (Å²) in [7, 11) is 0. The minimum absolute atomic E-state index is 0.0791. The van der Waals surface area contributed by atoms with Gasteiger partial charge < -0.3 is 10.4 Å². The molecular weight excluding hydrogens is 259 g/mol. The lowest BCUT2D eigenvalue weighted by molar-refractivity contribution is -0.139. The van der Waals surface area contributed by atoms with Crippen molar-refractivity contribution in [2.24, 2.45) is 0 Å². The number of carbonyl (C=O) groups is 1. The highest BCUT2D eigenvalue weighted by atomic mass is 19.4. The quantitative estimate of drug-likeness (QED) is 0.889. The normalized spacial score (nSPS) is 23.5. The topological polar surface area (TPSA) is 49.3 Å². The zero-order valence-electron chi connectivity index (χ0n) is 10.1. The molecule has 1 aromatic carbocycles. The van der Waals surface area contributed by atoms with E-state index in [1.807, 2.05) is 0 Å². The Labute approximate surface area is 108 Å². The molecule has 6 heteroatoms. The molecule has 0 aliphatic carbocycles. The number of hydrogen-bond acceptors (Lipinski definition) is 2. The Morgan fingerprint density at radius 2 is 2.11 bits per heavy atom. The van der Waals surface area contributed by atoms with Gasteiger partial charge in [0.1, 0.15) is 6.04 Å². The predicted octanol–water partition coefficient (Wildman–Crippen LogP) is 2.45. The Morgan fingerprint density at radius 1 is 1.37 bits per heavy atom. The molecule has 0 spiro atoms. The molecule has 1 aliphatic heterocycles. The molecule has 2 rings (SSSR count). The minimum atomic E-state index is -4.34. The van der Waals surface area contributed by atoms with E-state index >= 15 is 0 Å². The van der Waals surface area contributed by atoms with Crippen LogP contribution in [-0.2, 0) is 17.4 Å². The SMILES string of the molecule is O=C(O)C1CCC(Cc2cccc(C(F)(F)F)c2)N1. The molecule has 1 heterocycles. The van der Waals surface area contributed by atoms with Crippen LogP contribution < -0.4 is 5.32 Å². The van der Waals surface area contributed by atoms with Crippen LogP contribution in [0.1, 0.15) is 24.0 Å². The highest BCUT2D eigenvalue weighted by Crippen LogP contribution is 2.30. The Hall–Kier alpha value is -1.56. The summed E-state index contributed by atoms with van der Waals surface area (Å²) in [6.07, 6.45) is -2.76. The largest absolute Gasteiger partial charge is 0.480 e. The first kappa shape index (κ1) is 13.9. The first-order chi connectivity index (χ1) is 8.86. The fraction of sp³-hybridized carbons (Fsp3) is 0.462. The molecule has 0 amide bonds. The summed E-state index contributed by atoms with van der Waals surface area (Å²) in [5.74, 6) is -0.911. The summed E-state index contributed by atoms with van der Waals surface area (Å²) < 4.78 is 37.7. The number of carboxylic acids is 1. The number of aliphatic carboxylic acids is 1. The van der Waals surface area contributed by atoms with Gasteiger partial charge in [0.15, 0.2) is 0 Å². The summed E-state index contributed by atoms with van der Waals surface area (Å²) >= 11 is 0. The Morgan fingerprint density at radius 3 is 2.68 bits per heavy atom. The second kappa shape index (κ2) is 5.21. The molecule has 104 valence electrons. The molecule has 0 aromatic heterocycles. The first-order valence-corrected chi connectivity index (χ1v) is 6.01. The molecule has 1 saturated heterocycles. The first-order valence-electron chi connectivity index (χ1n) is 6.01. The van der Waals surface area contributed by atoms with Crippen molar-refractivity contribution in [1.82, 2.24) is 5.32 Å². The summed E-state index contributed by atoms with van der Waals surface area (Å²) in [5, 5.41) is 11.8. The molecule has 0 radical (unpaired) electrons. The zero-order chi connectivity index (χ0) is 14.0. The average Bonchev–Trinajstić information content (AvgIpc) is 2.77. The molecule has 0 saturated carbocycles. The molecule has 1 fully saturated rings. The maximum absolute atomic E-state index is 12.6. The van der Waals surface area contributed by atoms with Gasteiger partial charge in [0, 0.05) is 6.04 Å². The van der Waals surface area contributed by atoms with E-state index < -0.39 is 23.8 Å². The monoisotopic (exact) mass is 273 g/mol. The van der Waals surface area contributed by atoms with Gasteiger partial charge in [0.05, 0.1) is 5.56 Å². The number of hydrogen-bond donors (Lipinski definition) is 2. The second-order valence-corrected chi connectivity index (χ2v) is 4.73. The van der Waals surface area contributed by atoms with Crippen LogP contribution >= 0.6 is 0 Å². The van der Waals surface area contributed by atoms with Gasteiger partial charge in [0.25, 0.3) is 0 Å². The van der Waals surface area contributed by atoms with Crippen LogP contribution in [-0.4, -0.2) is 23.2 Å². The third-order valence-electron chi connectivity index (χ3n) is 3.28. The van der Waals surface area contributed by atoms with Crippen molar-refractivity contribution in [3.8, 4) is 0 Å². The van der Waals surface area contributed by atoms with Crippen molar-refractivity contribution >= 4 is 5.97 Å². The summed E-state index contributed by atoms with van der Waals surface area (Å²) in [4.78, 5) is 10.8. The van der Waals surface area contributed by atoms with Gasteiger partial charge in [-0.05, 0) is 30.9 Å². The molecule has 1 aromatic rings. The smallest absolute Gasteiger partial charge is 0.416 e. The third-order valence-corrected chi connectivity index (χ3v) is 3.28. The number of alkyl halides is 3. The number of rotatable bonds is 3.